The van der Waals surface area contributed by atoms with Crippen molar-refractivity contribution in [2.45, 2.75) is 58.2 Å². The van der Waals surface area contributed by atoms with E-state index in [-0.39, 0.29) is 23.8 Å². The van der Waals surface area contributed by atoms with Crippen molar-refractivity contribution < 1.29 is 13.7 Å². The number of benzene rings is 1. The summed E-state index contributed by atoms with van der Waals surface area (Å²) in [5, 5.41) is 7.37. The second-order valence-corrected chi connectivity index (χ2v) is 8.64. The number of piperazine rings is 1. The van der Waals surface area contributed by atoms with Crippen LogP contribution in [-0.4, -0.2) is 34.6 Å². The van der Waals surface area contributed by atoms with Gasteiger partial charge in [-0.1, -0.05) is 31.8 Å². The maximum atomic E-state index is 13.1. The Hall–Kier alpha value is -2.21. The highest BCUT2D eigenvalue weighted by Crippen LogP contribution is 2.35. The number of nitrogens with zero attached hydrogens (tertiary/aromatic N) is 2. The molecule has 1 saturated carbocycles. The van der Waals surface area contributed by atoms with Crippen molar-refractivity contribution in [3.05, 3.63) is 41.9 Å². The maximum absolute atomic E-state index is 13.1. The summed E-state index contributed by atoms with van der Waals surface area (Å²) in [6.07, 6.45) is 4.45. The van der Waals surface area contributed by atoms with Gasteiger partial charge in [-0.25, -0.2) is 4.39 Å². The van der Waals surface area contributed by atoms with E-state index in [0.717, 1.165) is 36.6 Å². The molecule has 2 aromatic rings. The normalized spacial score (nSPS) is 23.2. The van der Waals surface area contributed by atoms with Gasteiger partial charge in [0.15, 0.2) is 5.76 Å². The number of aromatic nitrogens is 1. The van der Waals surface area contributed by atoms with Gasteiger partial charge in [-0.05, 0) is 48.9 Å². The summed E-state index contributed by atoms with van der Waals surface area (Å²) in [7, 11) is 0. The number of halogens is 1. The van der Waals surface area contributed by atoms with Gasteiger partial charge >= 0.3 is 0 Å². The smallest absolute Gasteiger partial charge is 0.237 e. The van der Waals surface area contributed by atoms with E-state index in [0.29, 0.717) is 18.2 Å². The van der Waals surface area contributed by atoms with Crippen molar-refractivity contribution in [3.8, 4) is 11.3 Å². The fourth-order valence-electron chi connectivity index (χ4n) is 4.03. The van der Waals surface area contributed by atoms with Crippen LogP contribution in [0.25, 0.3) is 11.3 Å². The van der Waals surface area contributed by atoms with Crippen LogP contribution in [-0.2, 0) is 11.3 Å². The lowest BCUT2D eigenvalue weighted by molar-refractivity contribution is -0.132. The van der Waals surface area contributed by atoms with Crippen LogP contribution in [0.3, 0.4) is 0 Å². The molecule has 0 spiro atoms. The number of nitrogens with one attached hydrogen (secondary N) is 1. The van der Waals surface area contributed by atoms with E-state index in [1.807, 2.05) is 6.07 Å². The molecule has 2 atom stereocenters. The van der Waals surface area contributed by atoms with Gasteiger partial charge in [0.2, 0.25) is 5.91 Å². The Labute approximate surface area is 165 Å². The number of amides is 1. The highest BCUT2D eigenvalue weighted by atomic mass is 19.1. The molecule has 1 saturated heterocycles. The molecule has 1 aromatic carbocycles. The third-order valence-electron chi connectivity index (χ3n) is 5.61. The summed E-state index contributed by atoms with van der Waals surface area (Å²) >= 11 is 0. The zero-order valence-corrected chi connectivity index (χ0v) is 16.5. The van der Waals surface area contributed by atoms with E-state index in [4.69, 9.17) is 4.52 Å². The second-order valence-electron chi connectivity index (χ2n) is 8.64. The molecule has 1 aliphatic carbocycles. The number of hydrogen-bond acceptors (Lipinski definition) is 4. The van der Waals surface area contributed by atoms with E-state index in [1.54, 1.807) is 12.1 Å². The van der Waals surface area contributed by atoms with Gasteiger partial charge in [-0.15, -0.1) is 0 Å². The first-order valence-corrected chi connectivity index (χ1v) is 10.2. The lowest BCUT2D eigenvalue weighted by Crippen LogP contribution is -2.60. The van der Waals surface area contributed by atoms with E-state index in [1.165, 1.54) is 25.0 Å². The Kier molecular flexibility index (Phi) is 5.49. The SMILES string of the molecule is CC(C)CC1C(=O)NC(CC2CC2)CN1Cc1cc(-c2ccc(F)cc2)no1. The van der Waals surface area contributed by atoms with E-state index < -0.39 is 0 Å². The van der Waals surface area contributed by atoms with Crippen molar-refractivity contribution in [3.63, 3.8) is 0 Å². The van der Waals surface area contributed by atoms with Crippen LogP contribution in [0, 0.1) is 17.7 Å². The minimum Gasteiger partial charge on any atom is -0.359 e. The van der Waals surface area contributed by atoms with Gasteiger partial charge in [0.25, 0.3) is 0 Å². The summed E-state index contributed by atoms with van der Waals surface area (Å²) in [6, 6.07) is 8.18. The summed E-state index contributed by atoms with van der Waals surface area (Å²) in [5.41, 5.74) is 1.50. The zero-order valence-electron chi connectivity index (χ0n) is 16.5. The minimum absolute atomic E-state index is 0.129. The molecule has 28 heavy (non-hydrogen) atoms. The quantitative estimate of drug-likeness (QED) is 0.783. The molecule has 2 unspecified atom stereocenters. The molecule has 2 heterocycles. The van der Waals surface area contributed by atoms with Crippen molar-refractivity contribution in [2.75, 3.05) is 6.54 Å². The van der Waals surface area contributed by atoms with E-state index in [2.05, 4.69) is 29.2 Å². The van der Waals surface area contributed by atoms with Gasteiger partial charge in [-0.3, -0.25) is 9.69 Å². The molecule has 150 valence electrons. The zero-order chi connectivity index (χ0) is 19.7. The third-order valence-corrected chi connectivity index (χ3v) is 5.61. The van der Waals surface area contributed by atoms with E-state index >= 15 is 0 Å². The first-order chi connectivity index (χ1) is 13.5. The summed E-state index contributed by atoms with van der Waals surface area (Å²) in [6.45, 7) is 5.68. The first-order valence-electron chi connectivity index (χ1n) is 10.2. The van der Waals surface area contributed by atoms with E-state index in [9.17, 15) is 9.18 Å². The first kappa shape index (κ1) is 19.1. The molecule has 5 nitrogen and oxygen atoms in total. The molecule has 2 fully saturated rings. The predicted molar refractivity (Wildman–Crippen MR) is 105 cm³/mol. The molecule has 0 radical (unpaired) electrons. The van der Waals surface area contributed by atoms with Gasteiger partial charge in [0.1, 0.15) is 11.5 Å². The molecule has 4 rings (SSSR count). The monoisotopic (exact) mass is 385 g/mol. The Balaban J connectivity index is 1.49. The number of carbonyl (C=O) groups excluding carboxylic acids is 1. The molecule has 1 aliphatic heterocycles. The summed E-state index contributed by atoms with van der Waals surface area (Å²) < 4.78 is 18.7. The largest absolute Gasteiger partial charge is 0.359 e. The minimum atomic E-state index is -0.273. The van der Waals surface area contributed by atoms with Crippen LogP contribution in [0.2, 0.25) is 0 Å². The highest BCUT2D eigenvalue weighted by Gasteiger charge is 2.37. The fourth-order valence-corrected chi connectivity index (χ4v) is 4.03. The maximum Gasteiger partial charge on any atom is 0.237 e. The summed E-state index contributed by atoms with van der Waals surface area (Å²) in [5.74, 6) is 1.79. The van der Waals surface area contributed by atoms with Crippen LogP contribution in [0.5, 0.6) is 0 Å². The van der Waals surface area contributed by atoms with Gasteiger partial charge in [-0.2, -0.15) is 0 Å². The standard InChI is InChI=1S/C22H28FN3O2/c1-14(2)9-21-22(27)24-18(10-15-3-4-15)12-26(21)13-19-11-20(25-28-19)16-5-7-17(23)8-6-16/h5-8,11,14-15,18,21H,3-4,9-10,12-13H2,1-2H3,(H,24,27). The van der Waals surface area contributed by atoms with Crippen molar-refractivity contribution >= 4 is 5.91 Å². The van der Waals surface area contributed by atoms with Crippen LogP contribution >= 0.6 is 0 Å². The van der Waals surface area contributed by atoms with Crippen LogP contribution in [0.4, 0.5) is 4.39 Å². The van der Waals surface area contributed by atoms with Crippen LogP contribution in [0.15, 0.2) is 34.9 Å². The Bertz CT molecular complexity index is 813. The van der Waals surface area contributed by atoms with Crippen LogP contribution in [0.1, 0.15) is 45.3 Å². The molecule has 6 heteroatoms. The lowest BCUT2D eigenvalue weighted by Gasteiger charge is -2.39. The molecule has 1 N–H and O–H groups in total. The average molecular weight is 385 g/mol. The molecule has 2 aliphatic rings. The predicted octanol–water partition coefficient (Wildman–Crippen LogP) is 4.00. The molecule has 0 bridgehead atoms. The highest BCUT2D eigenvalue weighted by molar-refractivity contribution is 5.82. The number of rotatable bonds is 7. The summed E-state index contributed by atoms with van der Waals surface area (Å²) in [4.78, 5) is 15.0. The molecule has 1 amide bonds. The van der Waals surface area contributed by atoms with Gasteiger partial charge in [0, 0.05) is 24.2 Å². The average Bonchev–Trinajstić information content (AvgIpc) is 3.34. The van der Waals surface area contributed by atoms with Gasteiger partial charge in [0.05, 0.1) is 12.6 Å². The van der Waals surface area contributed by atoms with Crippen LogP contribution < -0.4 is 5.32 Å². The fraction of sp³-hybridized carbons (Fsp3) is 0.545. The molecular weight excluding hydrogens is 357 g/mol. The van der Waals surface area contributed by atoms with Crippen molar-refractivity contribution in [2.24, 2.45) is 11.8 Å². The number of hydrogen-bond donors (Lipinski definition) is 1. The Morgan fingerprint density at radius 1 is 1.29 bits per heavy atom. The van der Waals surface area contributed by atoms with Gasteiger partial charge < -0.3 is 9.84 Å². The van der Waals surface area contributed by atoms with Crippen molar-refractivity contribution in [1.29, 1.82) is 0 Å². The topological polar surface area (TPSA) is 58.4 Å². The Morgan fingerprint density at radius 3 is 2.71 bits per heavy atom. The number of carbonyl (C=O) groups is 1. The lowest BCUT2D eigenvalue weighted by atomic mass is 9.96. The Morgan fingerprint density at radius 2 is 2.04 bits per heavy atom. The molecule has 1 aromatic heterocycles. The third kappa shape index (κ3) is 4.61. The van der Waals surface area contributed by atoms with Crippen molar-refractivity contribution in [1.82, 2.24) is 15.4 Å². The molecular formula is C22H28FN3O2. The second kappa shape index (κ2) is 8.03.